The molecule has 0 radical (unpaired) electrons. The highest BCUT2D eigenvalue weighted by molar-refractivity contribution is 5.95. The average molecular weight is 260 g/mol. The highest BCUT2D eigenvalue weighted by Crippen LogP contribution is 2.20. The monoisotopic (exact) mass is 260 g/mol. The minimum absolute atomic E-state index is 0.208. The first-order valence-corrected chi connectivity index (χ1v) is 5.98. The van der Waals surface area contributed by atoms with Gasteiger partial charge in [0.05, 0.1) is 17.3 Å². The molecule has 1 aliphatic rings. The van der Waals surface area contributed by atoms with E-state index in [4.69, 9.17) is 9.47 Å². The number of fused-ring (bicyclic) bond motifs is 1. The van der Waals surface area contributed by atoms with E-state index in [0.29, 0.717) is 12.0 Å². The molecule has 1 N–H and O–H groups in total. The molecule has 0 amide bonds. The van der Waals surface area contributed by atoms with Crippen molar-refractivity contribution in [1.82, 2.24) is 10.2 Å². The van der Waals surface area contributed by atoms with E-state index in [0.717, 1.165) is 10.9 Å². The predicted molar refractivity (Wildman–Crippen MR) is 65.5 cm³/mol. The molecular formula is C13H12N2O4. The quantitative estimate of drug-likeness (QED) is 0.826. The summed E-state index contributed by atoms with van der Waals surface area (Å²) in [5.74, 6) is -1.02. The van der Waals surface area contributed by atoms with Gasteiger partial charge in [-0.25, -0.2) is 9.59 Å². The highest BCUT2D eigenvalue weighted by Gasteiger charge is 2.35. The number of benzene rings is 1. The second-order valence-corrected chi connectivity index (χ2v) is 4.55. The Bertz CT molecular complexity index is 649. The lowest BCUT2D eigenvalue weighted by molar-refractivity contribution is -0.147. The van der Waals surface area contributed by atoms with E-state index in [-0.39, 0.29) is 6.10 Å². The highest BCUT2D eigenvalue weighted by atomic mass is 16.6. The maximum Gasteiger partial charge on any atom is 0.347 e. The van der Waals surface area contributed by atoms with Crippen LogP contribution >= 0.6 is 0 Å². The van der Waals surface area contributed by atoms with Crippen molar-refractivity contribution in [3.05, 3.63) is 30.0 Å². The third-order valence-corrected chi connectivity index (χ3v) is 3.05. The molecule has 2 atom stereocenters. The molecule has 0 bridgehead atoms. The number of cyclic esters (lactones) is 1. The number of rotatable bonds is 2. The smallest absolute Gasteiger partial charge is 0.347 e. The molecule has 2 heterocycles. The number of hydrogen-bond acceptors (Lipinski definition) is 5. The molecular weight excluding hydrogens is 248 g/mol. The summed E-state index contributed by atoms with van der Waals surface area (Å²) in [5.41, 5.74) is 1.13. The van der Waals surface area contributed by atoms with Crippen molar-refractivity contribution in [3.63, 3.8) is 0 Å². The van der Waals surface area contributed by atoms with Crippen LogP contribution in [0.25, 0.3) is 10.9 Å². The number of aromatic amines is 1. The number of carbonyl (C=O) groups is 2. The van der Waals surface area contributed by atoms with Gasteiger partial charge in [-0.3, -0.25) is 5.10 Å². The normalized spacial score (nSPS) is 22.5. The van der Waals surface area contributed by atoms with E-state index in [1.165, 1.54) is 0 Å². The number of H-pyrrole nitrogens is 1. The van der Waals surface area contributed by atoms with Crippen molar-refractivity contribution in [2.75, 3.05) is 0 Å². The van der Waals surface area contributed by atoms with Gasteiger partial charge in [-0.15, -0.1) is 0 Å². The maximum absolute atomic E-state index is 12.0. The van der Waals surface area contributed by atoms with Crippen molar-refractivity contribution < 1.29 is 19.1 Å². The Morgan fingerprint density at radius 1 is 1.53 bits per heavy atom. The molecule has 19 heavy (non-hydrogen) atoms. The van der Waals surface area contributed by atoms with Gasteiger partial charge < -0.3 is 9.47 Å². The van der Waals surface area contributed by atoms with Crippen LogP contribution in [0, 0.1) is 0 Å². The van der Waals surface area contributed by atoms with Crippen molar-refractivity contribution in [2.45, 2.75) is 25.6 Å². The third kappa shape index (κ3) is 2.16. The van der Waals surface area contributed by atoms with E-state index >= 15 is 0 Å². The zero-order chi connectivity index (χ0) is 13.4. The first kappa shape index (κ1) is 11.7. The second kappa shape index (κ2) is 4.38. The number of nitrogens with one attached hydrogen (secondary N) is 1. The fourth-order valence-electron chi connectivity index (χ4n) is 2.08. The van der Waals surface area contributed by atoms with Gasteiger partial charge >= 0.3 is 11.9 Å². The summed E-state index contributed by atoms with van der Waals surface area (Å²) in [6.07, 6.45) is 1.05. The Labute approximate surface area is 108 Å². The zero-order valence-corrected chi connectivity index (χ0v) is 10.3. The van der Waals surface area contributed by atoms with E-state index < -0.39 is 18.0 Å². The Morgan fingerprint density at radius 2 is 2.37 bits per heavy atom. The number of aromatic nitrogens is 2. The van der Waals surface area contributed by atoms with Gasteiger partial charge in [-0.2, -0.15) is 5.10 Å². The fraction of sp³-hybridized carbons (Fsp3) is 0.308. The van der Waals surface area contributed by atoms with Gasteiger partial charge in [0.15, 0.2) is 0 Å². The molecule has 6 nitrogen and oxygen atoms in total. The Morgan fingerprint density at radius 3 is 3.11 bits per heavy atom. The van der Waals surface area contributed by atoms with E-state index in [1.54, 1.807) is 31.3 Å². The van der Waals surface area contributed by atoms with Crippen LogP contribution in [0.4, 0.5) is 0 Å². The van der Waals surface area contributed by atoms with Crippen molar-refractivity contribution in [3.8, 4) is 0 Å². The van der Waals surface area contributed by atoms with E-state index in [9.17, 15) is 9.59 Å². The predicted octanol–water partition coefficient (Wildman–Crippen LogP) is 1.42. The van der Waals surface area contributed by atoms with E-state index in [1.807, 2.05) is 0 Å². The number of carbonyl (C=O) groups excluding carboxylic acids is 2. The summed E-state index contributed by atoms with van der Waals surface area (Å²) < 4.78 is 10.1. The van der Waals surface area contributed by atoms with Crippen LogP contribution in [0.1, 0.15) is 23.7 Å². The molecule has 0 saturated carbocycles. The minimum atomic E-state index is -0.806. The largest absolute Gasteiger partial charge is 0.460 e. The SMILES string of the molecule is CC1CC(OC(=O)c2ccc3cn[nH]c3c2)C(=O)O1. The van der Waals surface area contributed by atoms with Gasteiger partial charge in [0.25, 0.3) is 0 Å². The van der Waals surface area contributed by atoms with Crippen molar-refractivity contribution in [1.29, 1.82) is 0 Å². The lowest BCUT2D eigenvalue weighted by atomic mass is 10.1. The first-order valence-electron chi connectivity index (χ1n) is 5.98. The van der Waals surface area contributed by atoms with Gasteiger partial charge in [0, 0.05) is 11.8 Å². The maximum atomic E-state index is 12.0. The summed E-state index contributed by atoms with van der Waals surface area (Å²) >= 11 is 0. The lowest BCUT2D eigenvalue weighted by Gasteiger charge is -2.08. The molecule has 1 aromatic heterocycles. The van der Waals surface area contributed by atoms with Crippen LogP contribution in [0.15, 0.2) is 24.4 Å². The number of ether oxygens (including phenoxy) is 2. The summed E-state index contributed by atoms with van der Waals surface area (Å²) in [6, 6.07) is 5.06. The minimum Gasteiger partial charge on any atom is -0.460 e. The van der Waals surface area contributed by atoms with Crippen molar-refractivity contribution >= 4 is 22.8 Å². The van der Waals surface area contributed by atoms with Crippen LogP contribution in [-0.4, -0.2) is 34.3 Å². The standard InChI is InChI=1S/C13H12N2O4/c1-7-4-11(13(17)18-7)19-12(16)8-2-3-9-6-14-15-10(9)5-8/h2-3,5-7,11H,4H2,1H3,(H,14,15). The first-order chi connectivity index (χ1) is 9.13. The van der Waals surface area contributed by atoms with Crippen molar-refractivity contribution in [2.24, 2.45) is 0 Å². The molecule has 0 aliphatic carbocycles. The molecule has 2 unspecified atom stereocenters. The van der Waals surface area contributed by atoms with Gasteiger partial charge in [0.1, 0.15) is 6.10 Å². The second-order valence-electron chi connectivity index (χ2n) is 4.55. The molecule has 1 aliphatic heterocycles. The van der Waals surface area contributed by atoms with Crippen LogP contribution in [0.2, 0.25) is 0 Å². The van der Waals surface area contributed by atoms with E-state index in [2.05, 4.69) is 10.2 Å². The van der Waals surface area contributed by atoms with Gasteiger partial charge in [-0.1, -0.05) is 6.07 Å². The Balaban J connectivity index is 1.78. The number of nitrogens with zero attached hydrogens (tertiary/aromatic N) is 1. The molecule has 0 spiro atoms. The van der Waals surface area contributed by atoms with Crippen LogP contribution in [0.5, 0.6) is 0 Å². The Kier molecular flexibility index (Phi) is 2.70. The summed E-state index contributed by atoms with van der Waals surface area (Å²) in [6.45, 7) is 1.77. The molecule has 2 aromatic rings. The summed E-state index contributed by atoms with van der Waals surface area (Å²) in [7, 11) is 0. The van der Waals surface area contributed by atoms with Crippen LogP contribution in [-0.2, 0) is 14.3 Å². The fourth-order valence-corrected chi connectivity index (χ4v) is 2.08. The third-order valence-electron chi connectivity index (χ3n) is 3.05. The molecule has 3 rings (SSSR count). The number of hydrogen-bond donors (Lipinski definition) is 1. The van der Waals surface area contributed by atoms with Crippen LogP contribution in [0.3, 0.4) is 0 Å². The average Bonchev–Trinajstić information content (AvgIpc) is 2.95. The molecule has 1 saturated heterocycles. The molecule has 1 fully saturated rings. The van der Waals surface area contributed by atoms with Crippen LogP contribution < -0.4 is 0 Å². The molecule has 1 aromatic carbocycles. The topological polar surface area (TPSA) is 81.3 Å². The summed E-state index contributed by atoms with van der Waals surface area (Å²) in [4.78, 5) is 23.4. The zero-order valence-electron chi connectivity index (χ0n) is 10.3. The lowest BCUT2D eigenvalue weighted by Crippen LogP contribution is -2.22. The van der Waals surface area contributed by atoms with Gasteiger partial charge in [-0.05, 0) is 19.1 Å². The number of esters is 2. The van der Waals surface area contributed by atoms with Gasteiger partial charge in [0.2, 0.25) is 6.10 Å². The summed E-state index contributed by atoms with van der Waals surface area (Å²) in [5, 5.41) is 7.56. The molecule has 98 valence electrons. The Hall–Kier alpha value is -2.37. The molecule has 6 heteroatoms.